The predicted octanol–water partition coefficient (Wildman–Crippen LogP) is 2.93. The van der Waals surface area contributed by atoms with Gasteiger partial charge in [-0.2, -0.15) is 0 Å². The molecule has 0 heterocycles. The lowest BCUT2D eigenvalue weighted by Crippen LogP contribution is -2.35. The highest BCUT2D eigenvalue weighted by Gasteiger charge is 2.14. The van der Waals surface area contributed by atoms with E-state index in [0.29, 0.717) is 23.6 Å². The molecule has 0 aliphatic rings. The zero-order chi connectivity index (χ0) is 16.5. The predicted molar refractivity (Wildman–Crippen MR) is 85.7 cm³/mol. The second-order valence-electron chi connectivity index (χ2n) is 5.04. The maximum Gasteiger partial charge on any atom is 0.260 e. The van der Waals surface area contributed by atoms with Crippen molar-refractivity contribution >= 4 is 11.7 Å². The molecule has 0 saturated heterocycles. The molecule has 1 aromatic carbocycles. The average Bonchev–Trinajstić information content (AvgIpc) is 2.53. The van der Waals surface area contributed by atoms with E-state index in [-0.39, 0.29) is 18.3 Å². The van der Waals surface area contributed by atoms with Gasteiger partial charge in [-0.05, 0) is 38.5 Å². The zero-order valence-electron chi connectivity index (χ0n) is 13.8. The number of benzene rings is 1. The highest BCUT2D eigenvalue weighted by Crippen LogP contribution is 2.28. The van der Waals surface area contributed by atoms with E-state index < -0.39 is 0 Å². The quantitative estimate of drug-likeness (QED) is 0.658. The molecule has 0 aromatic heterocycles. The summed E-state index contributed by atoms with van der Waals surface area (Å²) in [4.78, 5) is 25.3. The van der Waals surface area contributed by atoms with Crippen LogP contribution in [0.2, 0.25) is 0 Å². The molecule has 1 amide bonds. The minimum atomic E-state index is -0.0475. The van der Waals surface area contributed by atoms with Gasteiger partial charge < -0.3 is 14.4 Å². The third-order valence-electron chi connectivity index (χ3n) is 3.44. The Hall–Kier alpha value is -2.04. The summed E-state index contributed by atoms with van der Waals surface area (Å²) in [5.41, 5.74) is 0.550. The number of ether oxygens (including phenoxy) is 2. The van der Waals surface area contributed by atoms with Crippen LogP contribution in [0.25, 0.3) is 0 Å². The summed E-state index contributed by atoms with van der Waals surface area (Å²) in [6.07, 6.45) is 2.03. The fourth-order valence-corrected chi connectivity index (χ4v) is 2.04. The van der Waals surface area contributed by atoms with E-state index in [0.717, 1.165) is 19.4 Å². The number of carbonyl (C=O) groups excluding carboxylic acids is 2. The molecule has 0 saturated carbocycles. The molecular formula is C17H25NO4. The number of carbonyl (C=O) groups is 2. The van der Waals surface area contributed by atoms with Crippen molar-refractivity contribution in [3.8, 4) is 11.5 Å². The summed E-state index contributed by atoms with van der Waals surface area (Å²) in [5, 5.41) is 0. The van der Waals surface area contributed by atoms with Crippen molar-refractivity contribution in [3.05, 3.63) is 23.8 Å². The van der Waals surface area contributed by atoms with Gasteiger partial charge in [0.1, 0.15) is 0 Å². The molecule has 1 rings (SSSR count). The highest BCUT2D eigenvalue weighted by molar-refractivity contribution is 5.94. The fourth-order valence-electron chi connectivity index (χ4n) is 2.04. The first-order valence-corrected chi connectivity index (χ1v) is 7.63. The molecule has 0 fully saturated rings. The third-order valence-corrected chi connectivity index (χ3v) is 3.44. The van der Waals surface area contributed by atoms with Crippen LogP contribution in [-0.4, -0.2) is 43.4 Å². The molecule has 1 aromatic rings. The number of methoxy groups -OCH3 is 1. The van der Waals surface area contributed by atoms with Crippen LogP contribution < -0.4 is 9.47 Å². The Labute approximate surface area is 132 Å². The minimum absolute atomic E-state index is 0.0344. The second kappa shape index (κ2) is 9.07. The van der Waals surface area contributed by atoms with Crippen molar-refractivity contribution in [1.29, 1.82) is 0 Å². The van der Waals surface area contributed by atoms with Crippen molar-refractivity contribution in [2.45, 2.75) is 33.6 Å². The number of unbranched alkanes of at least 4 members (excludes halogenated alkanes) is 1. The SMILES string of the molecule is CCCCN(CC)C(=O)COc1ccc(C(C)=O)cc1OC. The van der Waals surface area contributed by atoms with Gasteiger partial charge in [0.05, 0.1) is 7.11 Å². The number of hydrogen-bond acceptors (Lipinski definition) is 4. The van der Waals surface area contributed by atoms with E-state index in [1.165, 1.54) is 14.0 Å². The van der Waals surface area contributed by atoms with E-state index in [4.69, 9.17) is 9.47 Å². The number of ketones is 1. The first-order chi connectivity index (χ1) is 10.5. The number of nitrogens with zero attached hydrogens (tertiary/aromatic N) is 1. The van der Waals surface area contributed by atoms with Gasteiger partial charge in [-0.3, -0.25) is 9.59 Å². The van der Waals surface area contributed by atoms with Crippen LogP contribution in [0.15, 0.2) is 18.2 Å². The third kappa shape index (κ3) is 5.06. The van der Waals surface area contributed by atoms with Crippen molar-refractivity contribution < 1.29 is 19.1 Å². The molecule has 122 valence electrons. The Morgan fingerprint density at radius 3 is 2.45 bits per heavy atom. The van der Waals surface area contributed by atoms with Crippen LogP contribution in [0, 0.1) is 0 Å². The summed E-state index contributed by atoms with van der Waals surface area (Å²) in [5.74, 6) is 0.829. The van der Waals surface area contributed by atoms with E-state index >= 15 is 0 Å². The first kappa shape index (κ1) is 18.0. The van der Waals surface area contributed by atoms with Gasteiger partial charge in [0.2, 0.25) is 0 Å². The molecular weight excluding hydrogens is 282 g/mol. The lowest BCUT2D eigenvalue weighted by Gasteiger charge is -2.21. The van der Waals surface area contributed by atoms with E-state index in [1.807, 2.05) is 6.92 Å². The van der Waals surface area contributed by atoms with Crippen LogP contribution in [0.3, 0.4) is 0 Å². The van der Waals surface area contributed by atoms with Crippen molar-refractivity contribution in [2.75, 3.05) is 26.8 Å². The Morgan fingerprint density at radius 1 is 1.18 bits per heavy atom. The Bertz CT molecular complexity index is 513. The zero-order valence-corrected chi connectivity index (χ0v) is 13.8. The number of likely N-dealkylation sites (N-methyl/N-ethyl adjacent to an activating group) is 1. The van der Waals surface area contributed by atoms with Crippen LogP contribution in [0.5, 0.6) is 11.5 Å². The Balaban J connectivity index is 2.70. The molecule has 22 heavy (non-hydrogen) atoms. The summed E-state index contributed by atoms with van der Waals surface area (Å²) < 4.78 is 10.8. The van der Waals surface area contributed by atoms with E-state index in [2.05, 4.69) is 6.92 Å². The smallest absolute Gasteiger partial charge is 0.260 e. The number of hydrogen-bond donors (Lipinski definition) is 0. The lowest BCUT2D eigenvalue weighted by molar-refractivity contribution is -0.133. The number of rotatable bonds is 9. The summed E-state index contributed by atoms with van der Waals surface area (Å²) in [6, 6.07) is 4.95. The average molecular weight is 307 g/mol. The van der Waals surface area contributed by atoms with E-state index in [9.17, 15) is 9.59 Å². The van der Waals surface area contributed by atoms with Crippen molar-refractivity contribution in [2.24, 2.45) is 0 Å². The monoisotopic (exact) mass is 307 g/mol. The molecule has 0 unspecified atom stereocenters. The number of amides is 1. The Morgan fingerprint density at radius 2 is 1.91 bits per heavy atom. The minimum Gasteiger partial charge on any atom is -0.493 e. The maximum absolute atomic E-state index is 12.1. The molecule has 0 N–H and O–H groups in total. The molecule has 5 nitrogen and oxygen atoms in total. The summed E-state index contributed by atoms with van der Waals surface area (Å²) in [7, 11) is 1.51. The Kier molecular flexibility index (Phi) is 7.43. The summed E-state index contributed by atoms with van der Waals surface area (Å²) in [6.45, 7) is 6.92. The van der Waals surface area contributed by atoms with Gasteiger partial charge in [0.15, 0.2) is 23.9 Å². The van der Waals surface area contributed by atoms with Gasteiger partial charge in [0, 0.05) is 18.7 Å². The molecule has 0 spiro atoms. The topological polar surface area (TPSA) is 55.8 Å². The first-order valence-electron chi connectivity index (χ1n) is 7.63. The lowest BCUT2D eigenvalue weighted by atomic mass is 10.1. The van der Waals surface area contributed by atoms with Crippen LogP contribution in [-0.2, 0) is 4.79 Å². The van der Waals surface area contributed by atoms with Crippen molar-refractivity contribution in [1.82, 2.24) is 4.90 Å². The maximum atomic E-state index is 12.1. The second-order valence-corrected chi connectivity index (χ2v) is 5.04. The van der Waals surface area contributed by atoms with Gasteiger partial charge in [0.25, 0.3) is 5.91 Å². The molecule has 0 aliphatic heterocycles. The fraction of sp³-hybridized carbons (Fsp3) is 0.529. The van der Waals surface area contributed by atoms with Crippen molar-refractivity contribution in [3.63, 3.8) is 0 Å². The normalized spacial score (nSPS) is 10.2. The molecule has 0 radical (unpaired) electrons. The van der Waals surface area contributed by atoms with Crippen LogP contribution in [0.4, 0.5) is 0 Å². The van der Waals surface area contributed by atoms with Gasteiger partial charge in [-0.1, -0.05) is 13.3 Å². The van der Waals surface area contributed by atoms with Crippen LogP contribution in [0.1, 0.15) is 44.0 Å². The van der Waals surface area contributed by atoms with E-state index in [1.54, 1.807) is 23.1 Å². The molecule has 0 bridgehead atoms. The molecule has 0 aliphatic carbocycles. The molecule has 5 heteroatoms. The van der Waals surface area contributed by atoms with Gasteiger partial charge in [-0.15, -0.1) is 0 Å². The molecule has 0 atom stereocenters. The largest absolute Gasteiger partial charge is 0.493 e. The van der Waals surface area contributed by atoms with Gasteiger partial charge in [-0.25, -0.2) is 0 Å². The standard InChI is InChI=1S/C17H25NO4/c1-5-7-10-18(6-2)17(20)12-22-15-9-8-14(13(3)19)11-16(15)21-4/h8-9,11H,5-7,10,12H2,1-4H3. The summed E-state index contributed by atoms with van der Waals surface area (Å²) >= 11 is 0. The van der Waals surface area contributed by atoms with Crippen LogP contribution >= 0.6 is 0 Å². The number of Topliss-reactive ketones (excluding diaryl/α,β-unsaturated/α-hetero) is 1. The van der Waals surface area contributed by atoms with Gasteiger partial charge >= 0.3 is 0 Å². The highest BCUT2D eigenvalue weighted by atomic mass is 16.5.